The summed E-state index contributed by atoms with van der Waals surface area (Å²) in [5, 5.41) is 2.94. The summed E-state index contributed by atoms with van der Waals surface area (Å²) < 4.78 is 11.4. The van der Waals surface area contributed by atoms with Gasteiger partial charge in [-0.25, -0.2) is 0 Å². The lowest BCUT2D eigenvalue weighted by Crippen LogP contribution is -2.28. The average Bonchev–Trinajstić information content (AvgIpc) is 3.30. The van der Waals surface area contributed by atoms with Crippen LogP contribution in [0.1, 0.15) is 24.5 Å². The summed E-state index contributed by atoms with van der Waals surface area (Å²) in [4.78, 5) is 26.8. The van der Waals surface area contributed by atoms with Crippen LogP contribution in [-0.4, -0.2) is 31.6 Å². The Bertz CT molecular complexity index is 888. The van der Waals surface area contributed by atoms with Crippen molar-refractivity contribution < 1.29 is 19.1 Å². The number of nitrogens with one attached hydrogen (secondary N) is 1. The van der Waals surface area contributed by atoms with Crippen molar-refractivity contribution >= 4 is 23.2 Å². The number of anilines is 2. The van der Waals surface area contributed by atoms with E-state index < -0.39 is 5.79 Å². The highest BCUT2D eigenvalue weighted by Gasteiger charge is 2.36. The van der Waals surface area contributed by atoms with Crippen molar-refractivity contribution in [1.29, 1.82) is 0 Å². The van der Waals surface area contributed by atoms with Gasteiger partial charge in [0.05, 0.1) is 19.1 Å². The molecule has 0 radical (unpaired) electrons. The van der Waals surface area contributed by atoms with Gasteiger partial charge in [-0.1, -0.05) is 29.8 Å². The number of amides is 2. The molecule has 2 heterocycles. The molecule has 2 aromatic rings. The number of benzene rings is 2. The maximum absolute atomic E-state index is 12.8. The number of aryl methyl sites for hydroxylation is 1. The minimum Gasteiger partial charge on any atom is -0.344 e. The number of ether oxygens (including phenoxy) is 2. The van der Waals surface area contributed by atoms with Crippen molar-refractivity contribution in [3.05, 3.63) is 59.7 Å². The lowest BCUT2D eigenvalue weighted by atomic mass is 10.1. The van der Waals surface area contributed by atoms with E-state index in [-0.39, 0.29) is 24.2 Å². The molecule has 2 saturated heterocycles. The number of hydrogen-bond donors (Lipinski definition) is 1. The van der Waals surface area contributed by atoms with Crippen molar-refractivity contribution in [2.75, 3.05) is 30.0 Å². The van der Waals surface area contributed by atoms with Gasteiger partial charge in [-0.2, -0.15) is 0 Å². The van der Waals surface area contributed by atoms with Gasteiger partial charge in [0, 0.05) is 29.9 Å². The van der Waals surface area contributed by atoms with E-state index in [1.165, 1.54) is 0 Å². The van der Waals surface area contributed by atoms with E-state index in [0.717, 1.165) is 16.8 Å². The van der Waals surface area contributed by atoms with Gasteiger partial charge in [0.15, 0.2) is 5.79 Å². The van der Waals surface area contributed by atoms with Gasteiger partial charge in [-0.3, -0.25) is 9.59 Å². The highest BCUT2D eigenvalue weighted by atomic mass is 16.7. The third-order valence-corrected chi connectivity index (χ3v) is 5.33. The molecule has 2 aliphatic rings. The summed E-state index contributed by atoms with van der Waals surface area (Å²) in [6.07, 6.45) is 0.212. The Balaban J connectivity index is 1.44. The minimum atomic E-state index is -0.785. The standard InChI is InChI=1S/C22H24N2O4/c1-15-6-8-19(9-7-15)24-14-16(12-20(24)25)21(26)23-18-5-3-4-17(13-18)22(2)27-10-11-28-22/h3-9,13,16H,10-12,14H2,1-2H3,(H,23,26). The summed E-state index contributed by atoms with van der Waals surface area (Å²) in [5.41, 5.74) is 3.49. The van der Waals surface area contributed by atoms with Gasteiger partial charge in [-0.15, -0.1) is 0 Å². The van der Waals surface area contributed by atoms with Gasteiger partial charge < -0.3 is 19.7 Å². The van der Waals surface area contributed by atoms with Gasteiger partial charge in [0.25, 0.3) is 0 Å². The van der Waals surface area contributed by atoms with Crippen molar-refractivity contribution in [3.8, 4) is 0 Å². The van der Waals surface area contributed by atoms with Crippen LogP contribution in [0.25, 0.3) is 0 Å². The molecule has 146 valence electrons. The van der Waals surface area contributed by atoms with Crippen LogP contribution in [0.4, 0.5) is 11.4 Å². The molecule has 2 aromatic carbocycles. The Kier molecular flexibility index (Phi) is 4.91. The summed E-state index contributed by atoms with van der Waals surface area (Å²) in [6, 6.07) is 15.2. The highest BCUT2D eigenvalue weighted by Crippen LogP contribution is 2.32. The van der Waals surface area contributed by atoms with Crippen LogP contribution in [0.15, 0.2) is 48.5 Å². The van der Waals surface area contributed by atoms with Crippen LogP contribution >= 0.6 is 0 Å². The van der Waals surface area contributed by atoms with E-state index in [4.69, 9.17) is 9.47 Å². The molecule has 0 saturated carbocycles. The lowest BCUT2D eigenvalue weighted by Gasteiger charge is -2.23. The van der Waals surface area contributed by atoms with E-state index >= 15 is 0 Å². The van der Waals surface area contributed by atoms with Crippen molar-refractivity contribution in [3.63, 3.8) is 0 Å². The third kappa shape index (κ3) is 3.66. The molecule has 1 atom stereocenters. The number of carbonyl (C=O) groups excluding carboxylic acids is 2. The molecule has 6 heteroatoms. The summed E-state index contributed by atoms with van der Waals surface area (Å²) in [6.45, 7) is 5.35. The molecular weight excluding hydrogens is 356 g/mol. The molecule has 2 fully saturated rings. The van der Waals surface area contributed by atoms with Crippen LogP contribution in [0, 0.1) is 12.8 Å². The largest absolute Gasteiger partial charge is 0.344 e. The first-order valence-electron chi connectivity index (χ1n) is 9.51. The van der Waals surface area contributed by atoms with Gasteiger partial charge in [0.2, 0.25) is 11.8 Å². The summed E-state index contributed by atoms with van der Waals surface area (Å²) in [5.74, 6) is -1.35. The predicted molar refractivity (Wildman–Crippen MR) is 106 cm³/mol. The molecule has 1 N–H and O–H groups in total. The second-order valence-corrected chi connectivity index (χ2v) is 7.45. The van der Waals surface area contributed by atoms with E-state index in [9.17, 15) is 9.59 Å². The summed E-state index contributed by atoms with van der Waals surface area (Å²) >= 11 is 0. The maximum Gasteiger partial charge on any atom is 0.229 e. The monoisotopic (exact) mass is 380 g/mol. The Morgan fingerprint density at radius 1 is 1.14 bits per heavy atom. The van der Waals surface area contributed by atoms with Crippen LogP contribution in [0.5, 0.6) is 0 Å². The Morgan fingerprint density at radius 2 is 1.86 bits per heavy atom. The quantitative estimate of drug-likeness (QED) is 0.884. The van der Waals surface area contributed by atoms with Crippen LogP contribution in [0.3, 0.4) is 0 Å². The van der Waals surface area contributed by atoms with E-state index in [1.54, 1.807) is 4.90 Å². The van der Waals surface area contributed by atoms with E-state index in [2.05, 4.69) is 5.32 Å². The zero-order chi connectivity index (χ0) is 19.7. The van der Waals surface area contributed by atoms with Crippen LogP contribution in [0.2, 0.25) is 0 Å². The normalized spacial score (nSPS) is 21.1. The number of nitrogens with zero attached hydrogens (tertiary/aromatic N) is 1. The van der Waals surface area contributed by atoms with E-state index in [0.29, 0.717) is 25.4 Å². The molecule has 6 nitrogen and oxygen atoms in total. The molecular formula is C22H24N2O4. The molecule has 2 aliphatic heterocycles. The highest BCUT2D eigenvalue weighted by molar-refractivity contribution is 6.03. The molecule has 0 aromatic heterocycles. The van der Waals surface area contributed by atoms with Crippen LogP contribution < -0.4 is 10.2 Å². The van der Waals surface area contributed by atoms with Crippen LogP contribution in [-0.2, 0) is 24.8 Å². The fourth-order valence-electron chi connectivity index (χ4n) is 3.66. The van der Waals surface area contributed by atoms with Crippen molar-refractivity contribution in [1.82, 2.24) is 0 Å². The zero-order valence-corrected chi connectivity index (χ0v) is 16.1. The van der Waals surface area contributed by atoms with Gasteiger partial charge in [-0.05, 0) is 38.1 Å². The maximum atomic E-state index is 12.8. The topological polar surface area (TPSA) is 67.9 Å². The Labute approximate surface area is 164 Å². The Morgan fingerprint density at radius 3 is 2.57 bits per heavy atom. The minimum absolute atomic E-state index is 0.0296. The number of carbonyl (C=O) groups is 2. The lowest BCUT2D eigenvalue weighted by molar-refractivity contribution is -0.149. The molecule has 0 bridgehead atoms. The smallest absolute Gasteiger partial charge is 0.229 e. The number of hydrogen-bond acceptors (Lipinski definition) is 4. The third-order valence-electron chi connectivity index (χ3n) is 5.33. The first-order valence-corrected chi connectivity index (χ1v) is 9.51. The van der Waals surface area contributed by atoms with Gasteiger partial charge >= 0.3 is 0 Å². The molecule has 28 heavy (non-hydrogen) atoms. The fourth-order valence-corrected chi connectivity index (χ4v) is 3.66. The molecule has 0 aliphatic carbocycles. The second kappa shape index (κ2) is 7.37. The SMILES string of the molecule is Cc1ccc(N2CC(C(=O)Nc3cccc(C4(C)OCCO4)c3)CC2=O)cc1. The second-order valence-electron chi connectivity index (χ2n) is 7.45. The summed E-state index contributed by atoms with van der Waals surface area (Å²) in [7, 11) is 0. The van der Waals surface area contributed by atoms with Crippen molar-refractivity contribution in [2.24, 2.45) is 5.92 Å². The number of rotatable bonds is 4. The molecule has 4 rings (SSSR count). The van der Waals surface area contributed by atoms with Gasteiger partial charge in [0.1, 0.15) is 0 Å². The predicted octanol–water partition coefficient (Wildman–Crippen LogP) is 3.21. The fraction of sp³-hybridized carbons (Fsp3) is 0.364. The zero-order valence-electron chi connectivity index (χ0n) is 16.1. The Hall–Kier alpha value is -2.70. The average molecular weight is 380 g/mol. The first-order chi connectivity index (χ1) is 13.4. The molecule has 2 amide bonds. The molecule has 1 unspecified atom stereocenters. The first kappa shape index (κ1) is 18.7. The van der Waals surface area contributed by atoms with E-state index in [1.807, 2.05) is 62.4 Å². The van der Waals surface area contributed by atoms with Crippen molar-refractivity contribution in [2.45, 2.75) is 26.1 Å². The molecule has 0 spiro atoms.